The van der Waals surface area contributed by atoms with Crippen molar-refractivity contribution < 1.29 is 4.39 Å². The molecule has 2 aromatic rings. The van der Waals surface area contributed by atoms with E-state index in [1.54, 1.807) is 12.3 Å². The molecule has 0 amide bonds. The van der Waals surface area contributed by atoms with E-state index < -0.39 is 0 Å². The Balaban J connectivity index is 2.15. The van der Waals surface area contributed by atoms with Gasteiger partial charge in [-0.15, -0.1) is 0 Å². The van der Waals surface area contributed by atoms with Gasteiger partial charge in [0, 0.05) is 23.0 Å². The summed E-state index contributed by atoms with van der Waals surface area (Å²) in [6.45, 7) is 1.92. The second-order valence-electron chi connectivity index (χ2n) is 4.28. The Kier molecular flexibility index (Phi) is 3.94. The van der Waals surface area contributed by atoms with Crippen LogP contribution in [0.1, 0.15) is 22.9 Å². The van der Waals surface area contributed by atoms with E-state index in [0.717, 1.165) is 16.8 Å². The highest BCUT2D eigenvalue weighted by Gasteiger charge is 2.10. The van der Waals surface area contributed by atoms with Crippen molar-refractivity contribution in [3.63, 3.8) is 0 Å². The Labute approximate surface area is 111 Å². The number of aromatic nitrogens is 1. The van der Waals surface area contributed by atoms with E-state index in [4.69, 9.17) is 17.3 Å². The summed E-state index contributed by atoms with van der Waals surface area (Å²) in [6.07, 6.45) is 2.32. The van der Waals surface area contributed by atoms with Crippen molar-refractivity contribution in [2.24, 2.45) is 5.73 Å². The minimum Gasteiger partial charge on any atom is -0.324 e. The van der Waals surface area contributed by atoms with Gasteiger partial charge < -0.3 is 5.73 Å². The van der Waals surface area contributed by atoms with Gasteiger partial charge in [-0.2, -0.15) is 0 Å². The molecule has 2 nitrogen and oxygen atoms in total. The molecule has 2 N–H and O–H groups in total. The monoisotopic (exact) mass is 264 g/mol. The Hall–Kier alpha value is -1.45. The molecular formula is C14H14ClFN2. The van der Waals surface area contributed by atoms with E-state index in [9.17, 15) is 4.39 Å². The smallest absolute Gasteiger partial charge is 0.124 e. The number of benzene rings is 1. The number of pyridine rings is 1. The molecule has 18 heavy (non-hydrogen) atoms. The Morgan fingerprint density at radius 2 is 2.11 bits per heavy atom. The number of hydrogen-bond donors (Lipinski definition) is 1. The van der Waals surface area contributed by atoms with Crippen LogP contribution in [-0.4, -0.2) is 4.98 Å². The number of aryl methyl sites for hydroxylation is 1. The average molecular weight is 265 g/mol. The number of hydrogen-bond acceptors (Lipinski definition) is 2. The van der Waals surface area contributed by atoms with Crippen LogP contribution in [0.2, 0.25) is 5.02 Å². The van der Waals surface area contributed by atoms with Crippen LogP contribution in [0.15, 0.2) is 36.5 Å². The van der Waals surface area contributed by atoms with Gasteiger partial charge in [-0.05, 0) is 42.7 Å². The fraction of sp³-hybridized carbons (Fsp3) is 0.214. The van der Waals surface area contributed by atoms with Crippen LogP contribution in [0.5, 0.6) is 0 Å². The van der Waals surface area contributed by atoms with Crippen LogP contribution in [0.3, 0.4) is 0 Å². The van der Waals surface area contributed by atoms with Gasteiger partial charge in [0.2, 0.25) is 0 Å². The highest BCUT2D eigenvalue weighted by molar-refractivity contribution is 6.31. The van der Waals surface area contributed by atoms with Crippen molar-refractivity contribution in [3.8, 4) is 0 Å². The molecule has 0 aliphatic heterocycles. The molecule has 1 atom stereocenters. The third-order valence-corrected chi connectivity index (χ3v) is 3.17. The molecule has 0 aliphatic rings. The second-order valence-corrected chi connectivity index (χ2v) is 4.69. The van der Waals surface area contributed by atoms with Crippen LogP contribution in [0.4, 0.5) is 4.39 Å². The summed E-state index contributed by atoms with van der Waals surface area (Å²) >= 11 is 5.98. The first kappa shape index (κ1) is 13.0. The summed E-state index contributed by atoms with van der Waals surface area (Å²) in [5.41, 5.74) is 8.83. The second kappa shape index (κ2) is 5.46. The van der Waals surface area contributed by atoms with Crippen molar-refractivity contribution in [3.05, 3.63) is 64.2 Å². The van der Waals surface area contributed by atoms with E-state index in [1.807, 2.05) is 19.1 Å². The molecule has 1 aromatic heterocycles. The van der Waals surface area contributed by atoms with Gasteiger partial charge >= 0.3 is 0 Å². The van der Waals surface area contributed by atoms with Crippen LogP contribution >= 0.6 is 11.6 Å². The summed E-state index contributed by atoms with van der Waals surface area (Å²) in [5, 5.41) is 0.408. The van der Waals surface area contributed by atoms with Crippen molar-refractivity contribution in [2.75, 3.05) is 0 Å². The lowest BCUT2D eigenvalue weighted by Crippen LogP contribution is -2.14. The van der Waals surface area contributed by atoms with Crippen molar-refractivity contribution in [1.82, 2.24) is 4.98 Å². The lowest BCUT2D eigenvalue weighted by Gasteiger charge is -2.13. The number of nitrogens with two attached hydrogens (primary N) is 1. The molecular weight excluding hydrogens is 251 g/mol. The molecule has 4 heteroatoms. The first-order valence-corrected chi connectivity index (χ1v) is 6.06. The first-order chi connectivity index (χ1) is 8.56. The molecule has 0 spiro atoms. The Bertz CT molecular complexity index is 540. The molecule has 1 aromatic carbocycles. The lowest BCUT2D eigenvalue weighted by atomic mass is 10.0. The SMILES string of the molecule is Cc1ccc(C(N)Cc2ccc(F)cc2Cl)cn1. The Morgan fingerprint density at radius 3 is 2.72 bits per heavy atom. The minimum absolute atomic E-state index is 0.193. The first-order valence-electron chi connectivity index (χ1n) is 5.68. The molecule has 94 valence electrons. The van der Waals surface area contributed by atoms with Crippen molar-refractivity contribution in [2.45, 2.75) is 19.4 Å². The van der Waals surface area contributed by atoms with Gasteiger partial charge in [0.15, 0.2) is 0 Å². The van der Waals surface area contributed by atoms with Crippen molar-refractivity contribution in [1.29, 1.82) is 0 Å². The fourth-order valence-electron chi connectivity index (χ4n) is 1.74. The van der Waals surface area contributed by atoms with E-state index >= 15 is 0 Å². The van der Waals surface area contributed by atoms with Gasteiger partial charge in [0.25, 0.3) is 0 Å². The quantitative estimate of drug-likeness (QED) is 0.923. The van der Waals surface area contributed by atoms with Crippen LogP contribution in [-0.2, 0) is 6.42 Å². The molecule has 0 aliphatic carbocycles. The zero-order valence-corrected chi connectivity index (χ0v) is 10.8. The highest BCUT2D eigenvalue weighted by atomic mass is 35.5. The number of rotatable bonds is 3. The predicted octanol–water partition coefficient (Wildman–Crippen LogP) is 3.43. The molecule has 0 radical (unpaired) electrons. The normalized spacial score (nSPS) is 12.4. The molecule has 0 bridgehead atoms. The Morgan fingerprint density at radius 1 is 1.33 bits per heavy atom. The third kappa shape index (κ3) is 3.06. The largest absolute Gasteiger partial charge is 0.324 e. The lowest BCUT2D eigenvalue weighted by molar-refractivity contribution is 0.625. The zero-order valence-electron chi connectivity index (χ0n) is 10.0. The standard InChI is InChI=1S/C14H14ClFN2/c1-9-2-3-11(8-18-9)14(17)6-10-4-5-12(16)7-13(10)15/h2-5,7-8,14H,6,17H2,1H3. The van der Waals surface area contributed by atoms with Gasteiger partial charge in [0.05, 0.1) is 0 Å². The van der Waals surface area contributed by atoms with E-state index in [2.05, 4.69) is 4.98 Å². The maximum absolute atomic E-state index is 12.9. The summed E-state index contributed by atoms with van der Waals surface area (Å²) in [4.78, 5) is 4.21. The molecule has 0 saturated carbocycles. The van der Waals surface area contributed by atoms with E-state index in [0.29, 0.717) is 11.4 Å². The molecule has 1 unspecified atom stereocenters. The molecule has 0 saturated heterocycles. The minimum atomic E-state index is -0.339. The van der Waals surface area contributed by atoms with Crippen molar-refractivity contribution >= 4 is 11.6 Å². The fourth-order valence-corrected chi connectivity index (χ4v) is 1.98. The molecule has 1 heterocycles. The van der Waals surface area contributed by atoms with Gasteiger partial charge in [-0.1, -0.05) is 23.7 Å². The number of halogens is 2. The molecule has 0 fully saturated rings. The predicted molar refractivity (Wildman–Crippen MR) is 71.0 cm³/mol. The summed E-state index contributed by atoms with van der Waals surface area (Å²) in [7, 11) is 0. The van der Waals surface area contributed by atoms with Gasteiger partial charge in [-0.3, -0.25) is 4.98 Å². The van der Waals surface area contributed by atoms with Gasteiger partial charge in [0.1, 0.15) is 5.82 Å². The van der Waals surface area contributed by atoms with Crippen LogP contribution in [0.25, 0.3) is 0 Å². The van der Waals surface area contributed by atoms with Crippen LogP contribution in [0, 0.1) is 12.7 Å². The maximum atomic E-state index is 12.9. The van der Waals surface area contributed by atoms with E-state index in [-0.39, 0.29) is 11.9 Å². The van der Waals surface area contributed by atoms with Gasteiger partial charge in [-0.25, -0.2) is 4.39 Å². The zero-order chi connectivity index (χ0) is 13.1. The van der Waals surface area contributed by atoms with Crippen LogP contribution < -0.4 is 5.73 Å². The van der Waals surface area contributed by atoms with E-state index in [1.165, 1.54) is 12.1 Å². The summed E-state index contributed by atoms with van der Waals surface area (Å²) in [5.74, 6) is -0.339. The average Bonchev–Trinajstić information content (AvgIpc) is 2.33. The summed E-state index contributed by atoms with van der Waals surface area (Å²) in [6, 6.07) is 8.03. The summed E-state index contributed by atoms with van der Waals surface area (Å²) < 4.78 is 12.9. The highest BCUT2D eigenvalue weighted by Crippen LogP contribution is 2.22. The third-order valence-electron chi connectivity index (χ3n) is 2.82. The molecule has 2 rings (SSSR count). The maximum Gasteiger partial charge on any atom is 0.124 e. The topological polar surface area (TPSA) is 38.9 Å². The number of nitrogens with zero attached hydrogens (tertiary/aromatic N) is 1.